The van der Waals surface area contributed by atoms with Gasteiger partial charge in [0.05, 0.1) is 10.0 Å². The van der Waals surface area contributed by atoms with Crippen LogP contribution in [0.1, 0.15) is 24.9 Å². The third kappa shape index (κ3) is 3.92. The van der Waals surface area contributed by atoms with E-state index in [0.29, 0.717) is 23.3 Å². The molecule has 0 amide bonds. The molecule has 0 heterocycles. The van der Waals surface area contributed by atoms with Crippen LogP contribution in [-0.4, -0.2) is 13.2 Å². The minimum Gasteiger partial charge on any atom is -0.382 e. The summed E-state index contributed by atoms with van der Waals surface area (Å²) in [5.74, 6) is 5.49. The number of halogens is 2. The topological polar surface area (TPSA) is 47.3 Å². The van der Waals surface area contributed by atoms with Crippen LogP contribution in [-0.2, 0) is 4.74 Å². The number of nitrogens with one attached hydrogen (secondary N) is 1. The molecule has 90 valence electrons. The van der Waals surface area contributed by atoms with Crippen LogP contribution in [0.5, 0.6) is 0 Å². The molecule has 0 aliphatic heterocycles. The summed E-state index contributed by atoms with van der Waals surface area (Å²) in [7, 11) is 0. The van der Waals surface area contributed by atoms with E-state index >= 15 is 0 Å². The zero-order valence-electron chi connectivity index (χ0n) is 9.17. The minimum absolute atomic E-state index is 0.0290. The molecule has 1 aromatic carbocycles. The molecule has 0 aromatic heterocycles. The molecule has 1 rings (SSSR count). The highest BCUT2D eigenvalue weighted by atomic mass is 35.5. The van der Waals surface area contributed by atoms with Gasteiger partial charge in [-0.15, -0.1) is 0 Å². The van der Waals surface area contributed by atoms with Crippen LogP contribution in [0.2, 0.25) is 10.0 Å². The minimum atomic E-state index is 0.0290. The molecule has 1 unspecified atom stereocenters. The predicted octanol–water partition coefficient (Wildman–Crippen LogP) is 2.92. The van der Waals surface area contributed by atoms with Crippen LogP contribution >= 0.6 is 23.2 Å². The van der Waals surface area contributed by atoms with E-state index in [2.05, 4.69) is 5.43 Å². The second-order valence-electron chi connectivity index (χ2n) is 3.38. The molecule has 0 aliphatic rings. The SMILES string of the molecule is CCOCCC(NN)c1ccc(Cl)c(Cl)c1. The van der Waals surface area contributed by atoms with Crippen molar-refractivity contribution < 1.29 is 4.74 Å². The normalized spacial score (nSPS) is 12.8. The van der Waals surface area contributed by atoms with Crippen molar-refractivity contribution in [2.24, 2.45) is 5.84 Å². The Morgan fingerprint density at radius 2 is 2.12 bits per heavy atom. The lowest BCUT2D eigenvalue weighted by atomic mass is 10.1. The van der Waals surface area contributed by atoms with E-state index < -0.39 is 0 Å². The van der Waals surface area contributed by atoms with E-state index in [1.54, 1.807) is 6.07 Å². The fourth-order valence-corrected chi connectivity index (χ4v) is 1.73. The summed E-state index contributed by atoms with van der Waals surface area (Å²) < 4.78 is 5.29. The molecular formula is C11H16Cl2N2O. The number of nitrogens with two attached hydrogens (primary N) is 1. The second-order valence-corrected chi connectivity index (χ2v) is 4.19. The number of ether oxygens (including phenoxy) is 1. The van der Waals surface area contributed by atoms with Gasteiger partial charge in [-0.2, -0.15) is 0 Å². The van der Waals surface area contributed by atoms with Gasteiger partial charge in [-0.1, -0.05) is 29.3 Å². The van der Waals surface area contributed by atoms with Crippen LogP contribution in [0.3, 0.4) is 0 Å². The zero-order chi connectivity index (χ0) is 12.0. The first-order valence-corrected chi connectivity index (χ1v) is 5.93. The van der Waals surface area contributed by atoms with Gasteiger partial charge in [0.2, 0.25) is 0 Å². The molecule has 1 aromatic rings. The fraction of sp³-hybridized carbons (Fsp3) is 0.455. The number of hydrogen-bond acceptors (Lipinski definition) is 3. The van der Waals surface area contributed by atoms with Crippen molar-refractivity contribution in [2.45, 2.75) is 19.4 Å². The second kappa shape index (κ2) is 7.09. The fourth-order valence-electron chi connectivity index (χ4n) is 1.42. The summed E-state index contributed by atoms with van der Waals surface area (Å²) in [4.78, 5) is 0. The van der Waals surface area contributed by atoms with Gasteiger partial charge in [-0.3, -0.25) is 11.3 Å². The summed E-state index contributed by atoms with van der Waals surface area (Å²) in [6.07, 6.45) is 0.794. The first-order valence-electron chi connectivity index (χ1n) is 5.17. The summed E-state index contributed by atoms with van der Waals surface area (Å²) in [5.41, 5.74) is 3.75. The van der Waals surface area contributed by atoms with E-state index in [9.17, 15) is 0 Å². The van der Waals surface area contributed by atoms with Crippen molar-refractivity contribution >= 4 is 23.2 Å². The van der Waals surface area contributed by atoms with Crippen molar-refractivity contribution in [3.05, 3.63) is 33.8 Å². The molecule has 3 N–H and O–H groups in total. The van der Waals surface area contributed by atoms with Crippen LogP contribution in [0, 0.1) is 0 Å². The number of hydrogen-bond donors (Lipinski definition) is 2. The molecule has 0 spiro atoms. The van der Waals surface area contributed by atoms with E-state index in [-0.39, 0.29) is 6.04 Å². The van der Waals surface area contributed by atoms with Crippen LogP contribution in [0.4, 0.5) is 0 Å². The Bertz CT molecular complexity index is 334. The number of hydrazine groups is 1. The average molecular weight is 263 g/mol. The summed E-state index contributed by atoms with van der Waals surface area (Å²) >= 11 is 11.8. The number of rotatable bonds is 6. The molecule has 1 atom stereocenters. The van der Waals surface area contributed by atoms with Crippen LogP contribution < -0.4 is 11.3 Å². The molecule has 16 heavy (non-hydrogen) atoms. The first-order chi connectivity index (χ1) is 7.69. The Morgan fingerprint density at radius 1 is 1.38 bits per heavy atom. The van der Waals surface area contributed by atoms with Gasteiger partial charge >= 0.3 is 0 Å². The highest BCUT2D eigenvalue weighted by Crippen LogP contribution is 2.26. The molecule has 0 radical (unpaired) electrons. The van der Waals surface area contributed by atoms with Crippen LogP contribution in [0.25, 0.3) is 0 Å². The highest BCUT2D eigenvalue weighted by Gasteiger charge is 2.10. The van der Waals surface area contributed by atoms with Crippen molar-refractivity contribution in [3.8, 4) is 0 Å². The Labute approximate surface area is 106 Å². The van der Waals surface area contributed by atoms with E-state index in [4.69, 9.17) is 33.8 Å². The maximum atomic E-state index is 5.94. The third-order valence-electron chi connectivity index (χ3n) is 2.30. The zero-order valence-corrected chi connectivity index (χ0v) is 10.7. The quantitative estimate of drug-likeness (QED) is 0.471. The van der Waals surface area contributed by atoms with Gasteiger partial charge in [0, 0.05) is 19.3 Å². The molecule has 3 nitrogen and oxygen atoms in total. The van der Waals surface area contributed by atoms with E-state index in [1.807, 2.05) is 19.1 Å². The molecule has 0 saturated heterocycles. The molecule has 0 saturated carbocycles. The predicted molar refractivity (Wildman–Crippen MR) is 67.6 cm³/mol. The van der Waals surface area contributed by atoms with Crippen LogP contribution in [0.15, 0.2) is 18.2 Å². The van der Waals surface area contributed by atoms with Gasteiger partial charge in [0.1, 0.15) is 0 Å². The van der Waals surface area contributed by atoms with Gasteiger partial charge in [-0.05, 0) is 31.0 Å². The molecular weight excluding hydrogens is 247 g/mol. The van der Waals surface area contributed by atoms with Gasteiger partial charge in [0.15, 0.2) is 0 Å². The molecule has 0 fully saturated rings. The van der Waals surface area contributed by atoms with Crippen molar-refractivity contribution in [1.29, 1.82) is 0 Å². The monoisotopic (exact) mass is 262 g/mol. The average Bonchev–Trinajstić information content (AvgIpc) is 2.29. The van der Waals surface area contributed by atoms with E-state index in [1.165, 1.54) is 0 Å². The van der Waals surface area contributed by atoms with Gasteiger partial charge in [-0.25, -0.2) is 0 Å². The van der Waals surface area contributed by atoms with Crippen molar-refractivity contribution in [1.82, 2.24) is 5.43 Å². The maximum absolute atomic E-state index is 5.94. The van der Waals surface area contributed by atoms with E-state index in [0.717, 1.165) is 12.0 Å². The lowest BCUT2D eigenvalue weighted by Crippen LogP contribution is -2.29. The lowest BCUT2D eigenvalue weighted by molar-refractivity contribution is 0.136. The number of benzene rings is 1. The highest BCUT2D eigenvalue weighted by molar-refractivity contribution is 6.42. The van der Waals surface area contributed by atoms with Crippen molar-refractivity contribution in [3.63, 3.8) is 0 Å². The molecule has 0 bridgehead atoms. The summed E-state index contributed by atoms with van der Waals surface area (Å²) in [6.45, 7) is 3.33. The Morgan fingerprint density at radius 3 is 2.69 bits per heavy atom. The van der Waals surface area contributed by atoms with Crippen molar-refractivity contribution in [2.75, 3.05) is 13.2 Å². The molecule has 5 heteroatoms. The largest absolute Gasteiger partial charge is 0.382 e. The smallest absolute Gasteiger partial charge is 0.0595 e. The standard InChI is InChI=1S/C11H16Cl2N2O/c1-2-16-6-5-11(15-14)8-3-4-9(12)10(13)7-8/h3-4,7,11,15H,2,5-6,14H2,1H3. The maximum Gasteiger partial charge on any atom is 0.0595 e. The Kier molecular flexibility index (Phi) is 6.09. The van der Waals surface area contributed by atoms with Gasteiger partial charge in [0.25, 0.3) is 0 Å². The summed E-state index contributed by atoms with van der Waals surface area (Å²) in [5, 5.41) is 1.09. The summed E-state index contributed by atoms with van der Waals surface area (Å²) in [6, 6.07) is 5.52. The lowest BCUT2D eigenvalue weighted by Gasteiger charge is -2.16. The molecule has 0 aliphatic carbocycles. The van der Waals surface area contributed by atoms with Gasteiger partial charge < -0.3 is 4.74 Å². The first kappa shape index (κ1) is 13.7. The third-order valence-corrected chi connectivity index (χ3v) is 3.04. The Hall–Kier alpha value is -0.320. The Balaban J connectivity index is 2.67.